The van der Waals surface area contributed by atoms with Gasteiger partial charge in [-0.25, -0.2) is 4.98 Å². The Morgan fingerprint density at radius 1 is 1.65 bits per heavy atom. The van der Waals surface area contributed by atoms with Crippen LogP contribution in [0.4, 0.5) is 0 Å². The van der Waals surface area contributed by atoms with E-state index >= 15 is 0 Å². The third-order valence-corrected chi connectivity index (χ3v) is 4.29. The molecular formula is C12H19N3OS. The Morgan fingerprint density at radius 3 is 3.06 bits per heavy atom. The van der Waals surface area contributed by atoms with Crippen LogP contribution in [0.3, 0.4) is 0 Å². The molecule has 1 aromatic rings. The van der Waals surface area contributed by atoms with Gasteiger partial charge in [0.15, 0.2) is 0 Å². The highest BCUT2D eigenvalue weighted by Gasteiger charge is 2.29. The van der Waals surface area contributed by atoms with Gasteiger partial charge in [0.1, 0.15) is 0 Å². The van der Waals surface area contributed by atoms with Crippen LogP contribution in [0.2, 0.25) is 0 Å². The second kappa shape index (κ2) is 5.60. The second-order valence-electron chi connectivity index (χ2n) is 4.51. The van der Waals surface area contributed by atoms with Crippen molar-refractivity contribution >= 4 is 17.2 Å². The summed E-state index contributed by atoms with van der Waals surface area (Å²) in [6.45, 7) is 2.61. The van der Waals surface area contributed by atoms with Crippen LogP contribution < -0.4 is 11.1 Å². The monoisotopic (exact) mass is 253 g/mol. The zero-order valence-electron chi connectivity index (χ0n) is 10.1. The van der Waals surface area contributed by atoms with E-state index in [2.05, 4.69) is 17.2 Å². The zero-order chi connectivity index (χ0) is 12.3. The second-order valence-corrected chi connectivity index (χ2v) is 5.45. The molecular weight excluding hydrogens is 234 g/mol. The number of thiazole rings is 1. The third-order valence-electron chi connectivity index (χ3n) is 3.25. The van der Waals surface area contributed by atoms with Crippen LogP contribution >= 0.6 is 11.3 Å². The van der Waals surface area contributed by atoms with E-state index in [0.29, 0.717) is 6.54 Å². The van der Waals surface area contributed by atoms with Gasteiger partial charge in [-0.3, -0.25) is 4.79 Å². The molecule has 0 saturated heterocycles. The van der Waals surface area contributed by atoms with Crippen molar-refractivity contribution < 1.29 is 4.79 Å². The Labute approximate surface area is 106 Å². The SMILES string of the molecule is CCc1nc(CNC(=O)C2CCCC2N)cs1. The van der Waals surface area contributed by atoms with Crippen molar-refractivity contribution in [3.05, 3.63) is 16.1 Å². The van der Waals surface area contributed by atoms with E-state index in [0.717, 1.165) is 36.4 Å². The van der Waals surface area contributed by atoms with E-state index in [1.54, 1.807) is 11.3 Å². The van der Waals surface area contributed by atoms with Gasteiger partial charge in [-0.1, -0.05) is 13.3 Å². The summed E-state index contributed by atoms with van der Waals surface area (Å²) in [6.07, 6.45) is 3.90. The molecule has 5 heteroatoms. The number of carbonyl (C=O) groups is 1. The van der Waals surface area contributed by atoms with Crippen molar-refractivity contribution in [1.29, 1.82) is 0 Å². The summed E-state index contributed by atoms with van der Waals surface area (Å²) in [5.74, 6) is 0.0836. The first kappa shape index (κ1) is 12.5. The van der Waals surface area contributed by atoms with E-state index in [1.165, 1.54) is 0 Å². The average molecular weight is 253 g/mol. The maximum absolute atomic E-state index is 11.9. The van der Waals surface area contributed by atoms with Gasteiger partial charge >= 0.3 is 0 Å². The Balaban J connectivity index is 1.83. The molecule has 17 heavy (non-hydrogen) atoms. The summed E-state index contributed by atoms with van der Waals surface area (Å²) < 4.78 is 0. The molecule has 0 spiro atoms. The minimum absolute atomic E-state index is 0.000665. The van der Waals surface area contributed by atoms with Crippen molar-refractivity contribution in [3.8, 4) is 0 Å². The van der Waals surface area contributed by atoms with Gasteiger partial charge in [0.25, 0.3) is 0 Å². The molecule has 2 atom stereocenters. The molecule has 0 radical (unpaired) electrons. The number of nitrogens with one attached hydrogen (secondary N) is 1. The molecule has 1 aliphatic rings. The number of hydrogen-bond donors (Lipinski definition) is 2. The molecule has 1 heterocycles. The number of aryl methyl sites for hydroxylation is 1. The lowest BCUT2D eigenvalue weighted by Crippen LogP contribution is -2.38. The minimum Gasteiger partial charge on any atom is -0.350 e. The molecule has 94 valence electrons. The molecule has 1 saturated carbocycles. The van der Waals surface area contributed by atoms with Gasteiger partial charge < -0.3 is 11.1 Å². The van der Waals surface area contributed by atoms with E-state index in [9.17, 15) is 4.79 Å². The number of nitrogens with two attached hydrogens (primary N) is 1. The van der Waals surface area contributed by atoms with E-state index in [1.807, 2.05) is 5.38 Å². The largest absolute Gasteiger partial charge is 0.350 e. The fourth-order valence-electron chi connectivity index (χ4n) is 2.22. The normalized spacial score (nSPS) is 23.9. The number of carbonyl (C=O) groups excluding carboxylic acids is 1. The lowest BCUT2D eigenvalue weighted by Gasteiger charge is -2.14. The highest BCUT2D eigenvalue weighted by molar-refractivity contribution is 7.09. The number of aromatic nitrogens is 1. The van der Waals surface area contributed by atoms with Crippen LogP contribution in [0.1, 0.15) is 36.9 Å². The third kappa shape index (κ3) is 3.04. The summed E-state index contributed by atoms with van der Waals surface area (Å²) in [5.41, 5.74) is 6.85. The number of nitrogens with zero attached hydrogens (tertiary/aromatic N) is 1. The molecule has 0 aliphatic heterocycles. The summed E-state index contributed by atoms with van der Waals surface area (Å²) in [4.78, 5) is 16.3. The average Bonchev–Trinajstić information content (AvgIpc) is 2.94. The highest BCUT2D eigenvalue weighted by atomic mass is 32.1. The van der Waals surface area contributed by atoms with Crippen molar-refractivity contribution in [2.24, 2.45) is 11.7 Å². The highest BCUT2D eigenvalue weighted by Crippen LogP contribution is 2.24. The van der Waals surface area contributed by atoms with Gasteiger partial charge in [-0.15, -0.1) is 11.3 Å². The van der Waals surface area contributed by atoms with Gasteiger partial charge in [0.05, 0.1) is 23.2 Å². The van der Waals surface area contributed by atoms with Gasteiger partial charge in [-0.05, 0) is 19.3 Å². The predicted molar refractivity (Wildman–Crippen MR) is 68.7 cm³/mol. The van der Waals surface area contributed by atoms with Crippen LogP contribution in [0, 0.1) is 5.92 Å². The predicted octanol–water partition coefficient (Wildman–Crippen LogP) is 1.45. The molecule has 3 N–H and O–H groups in total. The molecule has 1 aliphatic carbocycles. The summed E-state index contributed by atoms with van der Waals surface area (Å²) in [6, 6.07) is 0.0386. The van der Waals surface area contributed by atoms with Gasteiger partial charge in [0, 0.05) is 11.4 Å². The fourth-order valence-corrected chi connectivity index (χ4v) is 2.96. The lowest BCUT2D eigenvalue weighted by atomic mass is 10.0. The quantitative estimate of drug-likeness (QED) is 0.853. The maximum atomic E-state index is 11.9. The standard InChI is InChI=1S/C12H19N3OS/c1-2-11-15-8(7-17-11)6-14-12(16)9-4-3-5-10(9)13/h7,9-10H,2-6,13H2,1H3,(H,14,16). The van der Waals surface area contributed by atoms with Crippen LogP contribution in [-0.2, 0) is 17.8 Å². The Kier molecular flexibility index (Phi) is 4.12. The maximum Gasteiger partial charge on any atom is 0.224 e. The first-order chi connectivity index (χ1) is 8.20. The number of amides is 1. The molecule has 0 aromatic carbocycles. The summed E-state index contributed by atoms with van der Waals surface area (Å²) in [7, 11) is 0. The molecule has 1 aromatic heterocycles. The fraction of sp³-hybridized carbons (Fsp3) is 0.667. The Morgan fingerprint density at radius 2 is 2.47 bits per heavy atom. The molecule has 4 nitrogen and oxygen atoms in total. The van der Waals surface area contributed by atoms with Crippen LogP contribution in [0.5, 0.6) is 0 Å². The topological polar surface area (TPSA) is 68.0 Å². The van der Waals surface area contributed by atoms with Crippen molar-refractivity contribution in [2.75, 3.05) is 0 Å². The molecule has 1 fully saturated rings. The summed E-state index contributed by atoms with van der Waals surface area (Å²) in [5, 5.41) is 6.06. The van der Waals surface area contributed by atoms with Gasteiger partial charge in [0.2, 0.25) is 5.91 Å². The van der Waals surface area contributed by atoms with Crippen molar-refractivity contribution in [2.45, 2.75) is 45.2 Å². The Hall–Kier alpha value is -0.940. The van der Waals surface area contributed by atoms with Crippen LogP contribution in [0.25, 0.3) is 0 Å². The molecule has 2 unspecified atom stereocenters. The smallest absolute Gasteiger partial charge is 0.224 e. The van der Waals surface area contributed by atoms with E-state index < -0.39 is 0 Å². The van der Waals surface area contributed by atoms with Crippen molar-refractivity contribution in [3.63, 3.8) is 0 Å². The summed E-state index contributed by atoms with van der Waals surface area (Å²) >= 11 is 1.65. The first-order valence-corrected chi connectivity index (χ1v) is 7.05. The van der Waals surface area contributed by atoms with Crippen LogP contribution in [0.15, 0.2) is 5.38 Å². The molecule has 0 bridgehead atoms. The number of rotatable bonds is 4. The lowest BCUT2D eigenvalue weighted by molar-refractivity contribution is -0.125. The van der Waals surface area contributed by atoms with Crippen molar-refractivity contribution in [1.82, 2.24) is 10.3 Å². The molecule has 1 amide bonds. The minimum atomic E-state index is -0.000665. The van der Waals surface area contributed by atoms with E-state index in [4.69, 9.17) is 5.73 Å². The molecule has 2 rings (SSSR count). The van der Waals surface area contributed by atoms with E-state index in [-0.39, 0.29) is 17.9 Å². The number of hydrogen-bond acceptors (Lipinski definition) is 4. The first-order valence-electron chi connectivity index (χ1n) is 6.17. The van der Waals surface area contributed by atoms with Gasteiger partial charge in [-0.2, -0.15) is 0 Å². The zero-order valence-corrected chi connectivity index (χ0v) is 10.9. The van der Waals surface area contributed by atoms with Crippen LogP contribution in [-0.4, -0.2) is 16.9 Å². The Bertz CT molecular complexity index is 391.